The van der Waals surface area contributed by atoms with Crippen molar-refractivity contribution in [3.8, 4) is 0 Å². The highest BCUT2D eigenvalue weighted by atomic mass is 16.6. The summed E-state index contributed by atoms with van der Waals surface area (Å²) in [5, 5.41) is 6.79. The van der Waals surface area contributed by atoms with Crippen molar-refractivity contribution in [2.24, 2.45) is 0 Å². The molecule has 2 heterocycles. The van der Waals surface area contributed by atoms with Gasteiger partial charge in [0.25, 0.3) is 0 Å². The Hall–Kier alpha value is -3.35. The Labute approximate surface area is 195 Å². The molecule has 1 unspecified atom stereocenters. The first kappa shape index (κ1) is 24.3. The van der Waals surface area contributed by atoms with E-state index in [2.05, 4.69) is 46.3 Å². The molecule has 2 aromatic heterocycles. The van der Waals surface area contributed by atoms with E-state index in [4.69, 9.17) is 4.74 Å². The lowest BCUT2D eigenvalue weighted by Gasteiger charge is -2.23. The van der Waals surface area contributed by atoms with Crippen LogP contribution in [0.25, 0.3) is 10.9 Å². The van der Waals surface area contributed by atoms with Crippen molar-refractivity contribution in [1.29, 1.82) is 0 Å². The number of aromatic nitrogens is 2. The van der Waals surface area contributed by atoms with Crippen molar-refractivity contribution < 1.29 is 14.3 Å². The standard InChI is InChI=1S/C26H34N4O3/c1-18(2)30-17-19(21-11-6-7-12-23(21)30)16-22(29-25(32)33-26(3,4)5)24(31)28-15-13-20-10-8-9-14-27-20/h6-12,14,17-18,22H,13,15-16H2,1-5H3,(H,28,31)(H,29,32). The first-order chi connectivity index (χ1) is 15.6. The fourth-order valence-corrected chi connectivity index (χ4v) is 3.73. The van der Waals surface area contributed by atoms with Gasteiger partial charge in [0.1, 0.15) is 11.6 Å². The zero-order valence-electron chi connectivity index (χ0n) is 20.1. The highest BCUT2D eigenvalue weighted by molar-refractivity contribution is 5.88. The van der Waals surface area contributed by atoms with Gasteiger partial charge in [-0.3, -0.25) is 9.78 Å². The summed E-state index contributed by atoms with van der Waals surface area (Å²) in [6.07, 6.45) is 4.15. The number of nitrogens with zero attached hydrogens (tertiary/aromatic N) is 2. The Bertz CT molecular complexity index is 1080. The number of alkyl carbamates (subject to hydrolysis) is 1. The lowest BCUT2D eigenvalue weighted by Crippen LogP contribution is -2.49. The molecule has 0 aliphatic rings. The van der Waals surface area contributed by atoms with Crippen LogP contribution in [0, 0.1) is 0 Å². The van der Waals surface area contributed by atoms with Crippen LogP contribution in [0.2, 0.25) is 0 Å². The average molecular weight is 451 g/mol. The molecule has 7 heteroatoms. The second-order valence-corrected chi connectivity index (χ2v) is 9.44. The number of para-hydroxylation sites is 1. The van der Waals surface area contributed by atoms with Crippen LogP contribution in [0.15, 0.2) is 54.9 Å². The molecule has 33 heavy (non-hydrogen) atoms. The van der Waals surface area contributed by atoms with E-state index in [1.165, 1.54) is 0 Å². The quantitative estimate of drug-likeness (QED) is 0.532. The fraction of sp³-hybridized carbons (Fsp3) is 0.423. The van der Waals surface area contributed by atoms with E-state index >= 15 is 0 Å². The van der Waals surface area contributed by atoms with Crippen molar-refractivity contribution >= 4 is 22.9 Å². The van der Waals surface area contributed by atoms with Gasteiger partial charge >= 0.3 is 6.09 Å². The molecule has 2 amide bonds. The SMILES string of the molecule is CC(C)n1cc(CC(NC(=O)OC(C)(C)C)C(=O)NCCc2ccccn2)c2ccccc21. The number of rotatable bonds is 8. The van der Waals surface area contributed by atoms with Crippen LogP contribution in [0.4, 0.5) is 4.79 Å². The maximum atomic E-state index is 13.1. The minimum Gasteiger partial charge on any atom is -0.444 e. The van der Waals surface area contributed by atoms with Crippen LogP contribution in [-0.4, -0.2) is 39.7 Å². The lowest BCUT2D eigenvalue weighted by atomic mass is 10.0. The molecule has 0 aliphatic heterocycles. The molecule has 1 atom stereocenters. The molecular formula is C26H34N4O3. The maximum Gasteiger partial charge on any atom is 0.408 e. The van der Waals surface area contributed by atoms with Crippen LogP contribution in [0.3, 0.4) is 0 Å². The van der Waals surface area contributed by atoms with E-state index in [0.717, 1.165) is 22.2 Å². The molecule has 0 saturated carbocycles. The number of carbonyl (C=O) groups excluding carboxylic acids is 2. The first-order valence-electron chi connectivity index (χ1n) is 11.4. The highest BCUT2D eigenvalue weighted by Crippen LogP contribution is 2.25. The van der Waals surface area contributed by atoms with Gasteiger partial charge in [-0.2, -0.15) is 0 Å². The Kier molecular flexibility index (Phi) is 7.74. The van der Waals surface area contributed by atoms with Gasteiger partial charge in [-0.25, -0.2) is 4.79 Å². The summed E-state index contributed by atoms with van der Waals surface area (Å²) >= 11 is 0. The van der Waals surface area contributed by atoms with E-state index in [-0.39, 0.29) is 11.9 Å². The molecule has 176 valence electrons. The fourth-order valence-electron chi connectivity index (χ4n) is 3.73. The molecule has 0 spiro atoms. The number of carbonyl (C=O) groups is 2. The summed E-state index contributed by atoms with van der Waals surface area (Å²) in [5.41, 5.74) is 2.35. The summed E-state index contributed by atoms with van der Waals surface area (Å²) < 4.78 is 7.60. The Morgan fingerprint density at radius 1 is 1.09 bits per heavy atom. The summed E-state index contributed by atoms with van der Waals surface area (Å²) in [4.78, 5) is 29.9. The van der Waals surface area contributed by atoms with Crippen molar-refractivity contribution in [2.45, 2.75) is 65.1 Å². The van der Waals surface area contributed by atoms with Crippen molar-refractivity contribution in [2.75, 3.05) is 6.54 Å². The number of fused-ring (bicyclic) bond motifs is 1. The minimum absolute atomic E-state index is 0.252. The molecule has 3 rings (SSSR count). The monoisotopic (exact) mass is 450 g/mol. The van der Waals surface area contributed by atoms with Gasteiger partial charge in [0.05, 0.1) is 0 Å². The third-order valence-corrected chi connectivity index (χ3v) is 5.22. The number of nitrogens with one attached hydrogen (secondary N) is 2. The van der Waals surface area contributed by atoms with Gasteiger partial charge in [-0.05, 0) is 58.4 Å². The molecule has 0 radical (unpaired) electrons. The largest absolute Gasteiger partial charge is 0.444 e. The van der Waals surface area contributed by atoms with Gasteiger partial charge in [0.15, 0.2) is 0 Å². The zero-order valence-corrected chi connectivity index (χ0v) is 20.1. The van der Waals surface area contributed by atoms with E-state index in [1.54, 1.807) is 27.0 Å². The maximum absolute atomic E-state index is 13.1. The topological polar surface area (TPSA) is 85.2 Å². The first-order valence-corrected chi connectivity index (χ1v) is 11.4. The smallest absolute Gasteiger partial charge is 0.408 e. The number of benzene rings is 1. The lowest BCUT2D eigenvalue weighted by molar-refractivity contribution is -0.123. The van der Waals surface area contributed by atoms with Crippen molar-refractivity contribution in [3.63, 3.8) is 0 Å². The molecule has 0 saturated heterocycles. The van der Waals surface area contributed by atoms with Crippen molar-refractivity contribution in [1.82, 2.24) is 20.2 Å². The highest BCUT2D eigenvalue weighted by Gasteiger charge is 2.26. The van der Waals surface area contributed by atoms with Crippen molar-refractivity contribution in [3.05, 3.63) is 66.1 Å². The number of amides is 2. The minimum atomic E-state index is -0.769. The van der Waals surface area contributed by atoms with E-state index in [1.807, 2.05) is 36.4 Å². The molecule has 3 aromatic rings. The van der Waals surface area contributed by atoms with Gasteiger partial charge in [0, 0.05) is 54.4 Å². The van der Waals surface area contributed by atoms with Gasteiger partial charge in [-0.1, -0.05) is 24.3 Å². The summed E-state index contributed by atoms with van der Waals surface area (Å²) in [7, 11) is 0. The predicted molar refractivity (Wildman–Crippen MR) is 130 cm³/mol. The van der Waals surface area contributed by atoms with Crippen LogP contribution in [0.1, 0.15) is 51.9 Å². The third-order valence-electron chi connectivity index (χ3n) is 5.22. The summed E-state index contributed by atoms with van der Waals surface area (Å²) in [6, 6.07) is 13.3. The number of hydrogen-bond donors (Lipinski definition) is 2. The van der Waals surface area contributed by atoms with E-state index < -0.39 is 17.7 Å². The molecule has 2 N–H and O–H groups in total. The molecule has 0 fully saturated rings. The normalized spacial score (nSPS) is 12.5. The second kappa shape index (κ2) is 10.5. The van der Waals surface area contributed by atoms with Crippen LogP contribution >= 0.6 is 0 Å². The van der Waals surface area contributed by atoms with Crippen LogP contribution < -0.4 is 10.6 Å². The Balaban J connectivity index is 1.79. The molecule has 7 nitrogen and oxygen atoms in total. The third kappa shape index (κ3) is 6.81. The van der Waals surface area contributed by atoms with E-state index in [0.29, 0.717) is 19.4 Å². The zero-order chi connectivity index (χ0) is 24.0. The van der Waals surface area contributed by atoms with Crippen LogP contribution in [-0.2, 0) is 22.4 Å². The Morgan fingerprint density at radius 3 is 2.48 bits per heavy atom. The molecule has 0 aliphatic carbocycles. The molecule has 0 bridgehead atoms. The van der Waals surface area contributed by atoms with Gasteiger partial charge in [0.2, 0.25) is 5.91 Å². The number of ether oxygens (including phenoxy) is 1. The predicted octanol–water partition coefficient (Wildman–Crippen LogP) is 4.41. The average Bonchev–Trinajstić information content (AvgIpc) is 3.11. The summed E-state index contributed by atoms with van der Waals surface area (Å²) in [5.74, 6) is -0.252. The second-order valence-electron chi connectivity index (χ2n) is 9.44. The molecule has 1 aromatic carbocycles. The van der Waals surface area contributed by atoms with Crippen LogP contribution in [0.5, 0.6) is 0 Å². The van der Waals surface area contributed by atoms with Gasteiger partial charge in [-0.15, -0.1) is 0 Å². The number of hydrogen-bond acceptors (Lipinski definition) is 4. The van der Waals surface area contributed by atoms with Gasteiger partial charge < -0.3 is 19.9 Å². The number of pyridine rings is 1. The summed E-state index contributed by atoms with van der Waals surface area (Å²) in [6.45, 7) is 10.1. The molecular weight excluding hydrogens is 416 g/mol. The Morgan fingerprint density at radius 2 is 1.82 bits per heavy atom. The van der Waals surface area contributed by atoms with E-state index in [9.17, 15) is 9.59 Å².